The molecule has 6 nitrogen and oxygen atoms in total. The lowest BCUT2D eigenvalue weighted by molar-refractivity contribution is -0.118. The van der Waals surface area contributed by atoms with Crippen molar-refractivity contribution in [1.82, 2.24) is 10.2 Å². The summed E-state index contributed by atoms with van der Waals surface area (Å²) in [6, 6.07) is 19.8. The Kier molecular flexibility index (Phi) is 4.57. The van der Waals surface area contributed by atoms with E-state index in [9.17, 15) is 9.90 Å². The summed E-state index contributed by atoms with van der Waals surface area (Å²) in [7, 11) is 1.64. The van der Waals surface area contributed by atoms with Crippen LogP contribution in [0.15, 0.2) is 60.7 Å². The molecule has 1 fully saturated rings. The molecule has 1 aliphatic carbocycles. The largest absolute Gasteiger partial charge is 0.497 e. The Morgan fingerprint density at radius 2 is 1.94 bits per heavy atom. The van der Waals surface area contributed by atoms with Crippen LogP contribution >= 0.6 is 0 Å². The molecule has 4 aromatic rings. The first-order valence-electron chi connectivity index (χ1n) is 10.3. The molecule has 3 N–H and O–H groups in total. The average molecular weight is 428 g/mol. The Labute approximate surface area is 186 Å². The van der Waals surface area contributed by atoms with E-state index in [2.05, 4.69) is 33.7 Å². The van der Waals surface area contributed by atoms with Crippen LogP contribution in [0.2, 0.25) is 0 Å². The molecule has 3 aromatic carbocycles. The van der Waals surface area contributed by atoms with Crippen molar-refractivity contribution in [1.29, 1.82) is 0 Å². The highest BCUT2D eigenvalue weighted by Crippen LogP contribution is 2.65. The molecule has 1 spiro atoms. The van der Waals surface area contributed by atoms with Crippen LogP contribution in [-0.4, -0.2) is 28.3 Å². The molecule has 2 atom stereocenters. The molecule has 6 rings (SSSR count). The molecule has 0 saturated heterocycles. The van der Waals surface area contributed by atoms with E-state index in [1.54, 1.807) is 7.11 Å². The first-order valence-corrected chi connectivity index (χ1v) is 10.3. The summed E-state index contributed by atoms with van der Waals surface area (Å²) in [5, 5.41) is 21.0. The first-order chi connectivity index (χ1) is 15.1. The summed E-state index contributed by atoms with van der Waals surface area (Å²) in [6.45, 7) is 0.0245. The second-order valence-electron chi connectivity index (χ2n) is 8.33. The lowest BCUT2D eigenvalue weighted by atomic mass is 9.91. The van der Waals surface area contributed by atoms with Crippen LogP contribution < -0.4 is 10.1 Å². The van der Waals surface area contributed by atoms with Gasteiger partial charge in [0.15, 0.2) is 0 Å². The van der Waals surface area contributed by atoms with Crippen molar-refractivity contribution in [2.45, 2.75) is 31.8 Å². The number of aliphatic hydroxyl groups excluding tert-OH is 1. The van der Waals surface area contributed by atoms with Gasteiger partial charge >= 0.3 is 0 Å². The Bertz CT molecular complexity index is 1340. The Morgan fingerprint density at radius 1 is 1.12 bits per heavy atom. The molecule has 1 saturated carbocycles. The van der Waals surface area contributed by atoms with E-state index in [-0.39, 0.29) is 25.9 Å². The predicted molar refractivity (Wildman–Crippen MR) is 125 cm³/mol. The van der Waals surface area contributed by atoms with E-state index in [1.807, 2.05) is 42.5 Å². The van der Waals surface area contributed by atoms with Gasteiger partial charge in [0.1, 0.15) is 5.75 Å². The summed E-state index contributed by atoms with van der Waals surface area (Å²) in [5.41, 5.74) is 6.22. The van der Waals surface area contributed by atoms with Gasteiger partial charge in [0, 0.05) is 22.6 Å². The third kappa shape index (κ3) is 2.76. The highest BCUT2D eigenvalue weighted by atomic mass is 16.5. The second-order valence-corrected chi connectivity index (χ2v) is 8.33. The summed E-state index contributed by atoms with van der Waals surface area (Å²) in [4.78, 5) is 12.9. The number of aromatic amines is 1. The zero-order valence-electron chi connectivity index (χ0n) is 17.0. The summed E-state index contributed by atoms with van der Waals surface area (Å²) >= 11 is 0. The van der Waals surface area contributed by atoms with E-state index in [0.29, 0.717) is 0 Å². The third-order valence-corrected chi connectivity index (χ3v) is 6.72. The molecule has 1 aromatic heterocycles. The van der Waals surface area contributed by atoms with Gasteiger partial charge in [0.25, 0.3) is 0 Å². The summed E-state index contributed by atoms with van der Waals surface area (Å²) < 4.78 is 5.39. The highest BCUT2D eigenvalue weighted by molar-refractivity contribution is 6.10. The zero-order valence-corrected chi connectivity index (χ0v) is 17.0. The number of benzene rings is 3. The molecule has 1 unspecified atom stereocenters. The standard InChI is InChI=1S/C25H21N3O3.CH4/c1-31-17-7-9-21-19(11-17)25(24(30)26-21)12-20(25)16-6-8-18-22(10-16)27-28-23(18)15-4-2-14(13-29)3-5-15;/h2-11,20,29H,12-13H2,1H3,(H,26,30)(H,27,28);1H4/t20?,25-;/m0./s1. The predicted octanol–water partition coefficient (Wildman–Crippen LogP) is 4.74. The average Bonchev–Trinajstić information content (AvgIpc) is 3.34. The molecular weight excluding hydrogens is 402 g/mol. The van der Waals surface area contributed by atoms with E-state index >= 15 is 0 Å². The number of nitrogens with one attached hydrogen (secondary N) is 2. The number of carbonyl (C=O) groups is 1. The minimum atomic E-state index is -0.513. The normalized spacial score (nSPS) is 20.7. The number of anilines is 1. The van der Waals surface area contributed by atoms with Gasteiger partial charge in [0.2, 0.25) is 5.91 Å². The molecule has 6 heteroatoms. The van der Waals surface area contributed by atoms with Crippen molar-refractivity contribution in [2.24, 2.45) is 0 Å². The fraction of sp³-hybridized carbons (Fsp3) is 0.231. The van der Waals surface area contributed by atoms with Crippen molar-refractivity contribution in [3.05, 3.63) is 77.4 Å². The molecule has 2 aliphatic rings. The maximum absolute atomic E-state index is 12.9. The first kappa shape index (κ1) is 20.3. The van der Waals surface area contributed by atoms with E-state index in [4.69, 9.17) is 4.74 Å². The minimum Gasteiger partial charge on any atom is -0.497 e. The van der Waals surface area contributed by atoms with Gasteiger partial charge in [-0.15, -0.1) is 0 Å². The number of ether oxygens (including phenoxy) is 1. The number of amides is 1. The number of H-pyrrole nitrogens is 1. The van der Waals surface area contributed by atoms with Gasteiger partial charge in [-0.2, -0.15) is 5.10 Å². The quantitative estimate of drug-likeness (QED) is 0.439. The number of hydrogen-bond acceptors (Lipinski definition) is 4. The van der Waals surface area contributed by atoms with Crippen LogP contribution in [0.25, 0.3) is 22.2 Å². The minimum absolute atomic E-state index is 0. The second kappa shape index (κ2) is 7.21. The molecule has 1 aliphatic heterocycles. The number of fused-ring (bicyclic) bond motifs is 3. The topological polar surface area (TPSA) is 87.2 Å². The van der Waals surface area contributed by atoms with Crippen molar-refractivity contribution >= 4 is 22.5 Å². The van der Waals surface area contributed by atoms with Gasteiger partial charge in [-0.3, -0.25) is 9.89 Å². The van der Waals surface area contributed by atoms with Crippen molar-refractivity contribution in [2.75, 3.05) is 12.4 Å². The van der Waals surface area contributed by atoms with Crippen LogP contribution in [0.3, 0.4) is 0 Å². The maximum atomic E-state index is 12.9. The number of aliphatic hydroxyl groups is 1. The van der Waals surface area contributed by atoms with E-state index < -0.39 is 5.41 Å². The van der Waals surface area contributed by atoms with Gasteiger partial charge < -0.3 is 15.2 Å². The monoisotopic (exact) mass is 427 g/mol. The molecule has 32 heavy (non-hydrogen) atoms. The number of methoxy groups -OCH3 is 1. The number of carbonyl (C=O) groups excluding carboxylic acids is 1. The third-order valence-electron chi connectivity index (χ3n) is 6.72. The molecule has 1 amide bonds. The maximum Gasteiger partial charge on any atom is 0.235 e. The van der Waals surface area contributed by atoms with Crippen LogP contribution in [0.5, 0.6) is 5.75 Å². The SMILES string of the molecule is C.COc1ccc2c(c1)[C@]1(CC1c1ccc3c(-c4ccc(CO)cc4)n[nH]c3c1)C(=O)N2. The van der Waals surface area contributed by atoms with Crippen molar-refractivity contribution in [3.8, 4) is 17.0 Å². The molecule has 162 valence electrons. The summed E-state index contributed by atoms with van der Waals surface area (Å²) in [6.07, 6.45) is 0.786. The molecule has 0 bridgehead atoms. The number of nitrogens with zero attached hydrogens (tertiary/aromatic N) is 1. The van der Waals surface area contributed by atoms with Crippen molar-refractivity contribution < 1.29 is 14.6 Å². The Morgan fingerprint density at radius 3 is 2.69 bits per heavy atom. The van der Waals surface area contributed by atoms with Gasteiger partial charge in [-0.1, -0.05) is 43.8 Å². The Balaban J connectivity index is 0.00000216. The number of hydrogen-bond donors (Lipinski definition) is 3. The Hall–Kier alpha value is -3.64. The fourth-order valence-electron chi connectivity index (χ4n) is 4.94. The smallest absolute Gasteiger partial charge is 0.235 e. The molecule has 0 radical (unpaired) electrons. The van der Waals surface area contributed by atoms with E-state index in [0.717, 1.165) is 56.7 Å². The highest BCUT2D eigenvalue weighted by Gasteiger charge is 2.65. The molecular formula is C26H25N3O3. The van der Waals surface area contributed by atoms with Crippen LogP contribution in [0.1, 0.15) is 36.5 Å². The lowest BCUT2D eigenvalue weighted by Gasteiger charge is -2.10. The van der Waals surface area contributed by atoms with Crippen molar-refractivity contribution in [3.63, 3.8) is 0 Å². The van der Waals surface area contributed by atoms with Gasteiger partial charge in [-0.25, -0.2) is 0 Å². The van der Waals surface area contributed by atoms with Gasteiger partial charge in [-0.05, 0) is 47.4 Å². The lowest BCUT2D eigenvalue weighted by Crippen LogP contribution is -2.21. The zero-order chi connectivity index (χ0) is 21.2. The molecule has 2 heterocycles. The van der Waals surface area contributed by atoms with Crippen LogP contribution in [0.4, 0.5) is 5.69 Å². The van der Waals surface area contributed by atoms with Crippen LogP contribution in [0, 0.1) is 0 Å². The van der Waals surface area contributed by atoms with Gasteiger partial charge in [0.05, 0.1) is 30.3 Å². The number of aromatic nitrogens is 2. The fourth-order valence-corrected chi connectivity index (χ4v) is 4.94. The summed E-state index contributed by atoms with van der Waals surface area (Å²) in [5.74, 6) is 0.956. The number of rotatable bonds is 4. The van der Waals surface area contributed by atoms with E-state index in [1.165, 1.54) is 0 Å². The van der Waals surface area contributed by atoms with Crippen LogP contribution in [-0.2, 0) is 16.8 Å².